The number of fused-ring (bicyclic) bond motifs is 5. The summed E-state index contributed by atoms with van der Waals surface area (Å²) in [4.78, 5) is 11.9. The Morgan fingerprint density at radius 2 is 2.00 bits per heavy atom. The fraction of sp³-hybridized carbons (Fsp3) is 0.762. The summed E-state index contributed by atoms with van der Waals surface area (Å²) < 4.78 is 0. The summed E-state index contributed by atoms with van der Waals surface area (Å²) in [6.07, 6.45) is 10.3. The molecule has 3 saturated carbocycles. The molecule has 0 bridgehead atoms. The summed E-state index contributed by atoms with van der Waals surface area (Å²) in [6.45, 7) is 4.71. The zero-order valence-corrected chi connectivity index (χ0v) is 14.9. The van der Waals surface area contributed by atoms with E-state index in [1.54, 1.807) is 0 Å². The van der Waals surface area contributed by atoms with Gasteiger partial charge >= 0.3 is 0 Å². The molecule has 0 aromatic carbocycles. The van der Waals surface area contributed by atoms with Gasteiger partial charge in [-0.1, -0.05) is 31.1 Å². The zero-order chi connectivity index (χ0) is 17.1. The largest absolute Gasteiger partial charge is 0.393 e. The highest BCUT2D eigenvalue weighted by atomic mass is 16.3. The van der Waals surface area contributed by atoms with Crippen molar-refractivity contribution in [2.24, 2.45) is 28.6 Å². The maximum Gasteiger partial charge on any atom is 0.155 e. The van der Waals surface area contributed by atoms with Crippen molar-refractivity contribution in [1.82, 2.24) is 0 Å². The van der Waals surface area contributed by atoms with E-state index in [9.17, 15) is 15.0 Å². The maximum absolute atomic E-state index is 11.9. The Labute approximate surface area is 144 Å². The van der Waals surface area contributed by atoms with Crippen LogP contribution in [0, 0.1) is 28.6 Å². The van der Waals surface area contributed by atoms with E-state index >= 15 is 0 Å². The van der Waals surface area contributed by atoms with Crippen molar-refractivity contribution in [2.45, 2.75) is 64.9 Å². The van der Waals surface area contributed by atoms with Gasteiger partial charge in [0.1, 0.15) is 0 Å². The van der Waals surface area contributed by atoms with Gasteiger partial charge in [0.05, 0.1) is 12.7 Å². The first kappa shape index (κ1) is 16.5. The number of rotatable bonds is 1. The molecule has 6 atom stereocenters. The van der Waals surface area contributed by atoms with E-state index in [1.165, 1.54) is 17.6 Å². The molecule has 132 valence electrons. The van der Waals surface area contributed by atoms with Crippen molar-refractivity contribution < 1.29 is 15.0 Å². The molecule has 0 amide bonds. The van der Waals surface area contributed by atoms with Gasteiger partial charge in [0, 0.05) is 6.42 Å². The Morgan fingerprint density at radius 3 is 2.75 bits per heavy atom. The summed E-state index contributed by atoms with van der Waals surface area (Å²) >= 11 is 0. The van der Waals surface area contributed by atoms with E-state index < -0.39 is 0 Å². The van der Waals surface area contributed by atoms with Crippen LogP contribution in [0.25, 0.3) is 0 Å². The van der Waals surface area contributed by atoms with Crippen LogP contribution in [-0.2, 0) is 4.79 Å². The molecule has 0 aromatic rings. The molecule has 0 aromatic heterocycles. The molecule has 0 unspecified atom stereocenters. The van der Waals surface area contributed by atoms with Crippen molar-refractivity contribution in [3.8, 4) is 0 Å². The van der Waals surface area contributed by atoms with E-state index in [-0.39, 0.29) is 35.2 Å². The second kappa shape index (κ2) is 5.54. The molecule has 0 radical (unpaired) electrons. The van der Waals surface area contributed by atoms with Crippen LogP contribution in [0.5, 0.6) is 0 Å². The molecule has 3 nitrogen and oxygen atoms in total. The number of aliphatic hydroxyl groups is 2. The van der Waals surface area contributed by atoms with Crippen LogP contribution in [-0.4, -0.2) is 28.7 Å². The lowest BCUT2D eigenvalue weighted by atomic mass is 9.46. The van der Waals surface area contributed by atoms with Crippen LogP contribution < -0.4 is 0 Å². The smallest absolute Gasteiger partial charge is 0.155 e. The van der Waals surface area contributed by atoms with E-state index in [0.29, 0.717) is 18.3 Å². The summed E-state index contributed by atoms with van der Waals surface area (Å²) in [5, 5.41) is 20.5. The van der Waals surface area contributed by atoms with Gasteiger partial charge in [-0.2, -0.15) is 0 Å². The van der Waals surface area contributed by atoms with Crippen LogP contribution in [0.2, 0.25) is 0 Å². The highest BCUT2D eigenvalue weighted by Crippen LogP contribution is 2.66. The molecule has 4 aliphatic carbocycles. The minimum Gasteiger partial charge on any atom is -0.393 e. The first-order valence-corrected chi connectivity index (χ1v) is 9.62. The Kier molecular flexibility index (Phi) is 3.81. The molecule has 0 heterocycles. The molecule has 3 fully saturated rings. The lowest BCUT2D eigenvalue weighted by Gasteiger charge is -2.59. The lowest BCUT2D eigenvalue weighted by molar-refractivity contribution is -0.124. The Morgan fingerprint density at radius 1 is 1.21 bits per heavy atom. The number of hydrogen-bond acceptors (Lipinski definition) is 3. The average molecular weight is 330 g/mol. The van der Waals surface area contributed by atoms with Gasteiger partial charge < -0.3 is 10.2 Å². The van der Waals surface area contributed by atoms with Crippen LogP contribution in [0.4, 0.5) is 0 Å². The molecule has 4 rings (SSSR count). The summed E-state index contributed by atoms with van der Waals surface area (Å²) in [5.74, 6) is 1.71. The van der Waals surface area contributed by atoms with E-state index in [4.69, 9.17) is 0 Å². The number of ketones is 1. The van der Waals surface area contributed by atoms with Gasteiger partial charge in [0.15, 0.2) is 5.78 Å². The third kappa shape index (κ3) is 2.13. The maximum atomic E-state index is 11.9. The fourth-order valence-electron chi connectivity index (χ4n) is 6.98. The third-order valence-corrected chi connectivity index (χ3v) is 8.08. The van der Waals surface area contributed by atoms with Gasteiger partial charge in [-0.25, -0.2) is 0 Å². The third-order valence-electron chi connectivity index (χ3n) is 8.08. The van der Waals surface area contributed by atoms with Gasteiger partial charge in [-0.3, -0.25) is 4.79 Å². The Bertz CT molecular complexity index is 619. The monoisotopic (exact) mass is 330 g/mol. The molecule has 0 aliphatic heterocycles. The zero-order valence-electron chi connectivity index (χ0n) is 14.9. The van der Waals surface area contributed by atoms with E-state index in [2.05, 4.69) is 13.8 Å². The Balaban J connectivity index is 1.72. The topological polar surface area (TPSA) is 57.5 Å². The van der Waals surface area contributed by atoms with E-state index in [1.807, 2.05) is 12.2 Å². The number of carbonyl (C=O) groups excluding carboxylic acids is 1. The van der Waals surface area contributed by atoms with Gasteiger partial charge in [0.2, 0.25) is 0 Å². The van der Waals surface area contributed by atoms with Crippen molar-refractivity contribution in [2.75, 3.05) is 6.61 Å². The SMILES string of the molecule is C[C@]12CCC(=O)C=C1CC[C@H]1[C@H]2[C@@H](O)C[C@@]2(C)/C(=C/CO)CC[C@H]12. The number of aliphatic hydroxyl groups excluding tert-OH is 2. The van der Waals surface area contributed by atoms with Crippen LogP contribution in [0.1, 0.15) is 58.8 Å². The molecule has 4 aliphatic rings. The molecule has 0 spiro atoms. The molecule has 0 saturated heterocycles. The molecule has 24 heavy (non-hydrogen) atoms. The minimum absolute atomic E-state index is 0.00101. The normalized spacial score (nSPS) is 49.4. The summed E-state index contributed by atoms with van der Waals surface area (Å²) in [7, 11) is 0. The molecular weight excluding hydrogens is 300 g/mol. The van der Waals surface area contributed by atoms with E-state index in [0.717, 1.165) is 32.1 Å². The summed E-state index contributed by atoms with van der Waals surface area (Å²) in [5.41, 5.74) is 2.71. The second-order valence-electron chi connectivity index (χ2n) is 9.03. The van der Waals surface area contributed by atoms with Crippen molar-refractivity contribution in [3.63, 3.8) is 0 Å². The first-order valence-electron chi connectivity index (χ1n) is 9.62. The fourth-order valence-corrected chi connectivity index (χ4v) is 6.98. The van der Waals surface area contributed by atoms with Gasteiger partial charge in [-0.05, 0) is 73.2 Å². The van der Waals surface area contributed by atoms with Crippen LogP contribution in [0.15, 0.2) is 23.3 Å². The molecule has 3 heteroatoms. The van der Waals surface area contributed by atoms with Crippen LogP contribution >= 0.6 is 0 Å². The highest BCUT2D eigenvalue weighted by Gasteiger charge is 2.60. The predicted molar refractivity (Wildman–Crippen MR) is 93.3 cm³/mol. The number of hydrogen-bond donors (Lipinski definition) is 2. The Hall–Kier alpha value is -0.930. The lowest BCUT2D eigenvalue weighted by Crippen LogP contribution is -2.55. The van der Waals surface area contributed by atoms with Gasteiger partial charge in [-0.15, -0.1) is 0 Å². The quantitative estimate of drug-likeness (QED) is 0.725. The highest BCUT2D eigenvalue weighted by molar-refractivity contribution is 5.91. The molecule has 2 N–H and O–H groups in total. The van der Waals surface area contributed by atoms with Crippen molar-refractivity contribution >= 4 is 5.78 Å². The van der Waals surface area contributed by atoms with Gasteiger partial charge in [0.25, 0.3) is 0 Å². The standard InChI is InChI=1S/C21H30O3/c1-20-9-7-15(23)11-14(20)3-5-16-17-6-4-13(8-10-22)21(17,2)12-18(24)19(16)20/h8,11,16-19,22,24H,3-7,9-10,12H2,1-2H3/b13-8+/t16-,17-,18+,19+,20+,21+/m1/s1. The number of allylic oxidation sites excluding steroid dienone is 2. The summed E-state index contributed by atoms with van der Waals surface area (Å²) in [6, 6.07) is 0. The number of carbonyl (C=O) groups is 1. The first-order chi connectivity index (χ1) is 11.4. The average Bonchev–Trinajstić information content (AvgIpc) is 2.84. The predicted octanol–water partition coefficient (Wildman–Crippen LogP) is 3.41. The second-order valence-corrected chi connectivity index (χ2v) is 9.03. The molecular formula is C21H30O3. The van der Waals surface area contributed by atoms with Crippen LogP contribution in [0.3, 0.4) is 0 Å². The van der Waals surface area contributed by atoms with Crippen molar-refractivity contribution in [3.05, 3.63) is 23.3 Å². The van der Waals surface area contributed by atoms with Crippen molar-refractivity contribution in [1.29, 1.82) is 0 Å². The minimum atomic E-state index is -0.307.